The van der Waals surface area contributed by atoms with Gasteiger partial charge in [0.1, 0.15) is 23.7 Å². The van der Waals surface area contributed by atoms with E-state index >= 15 is 0 Å². The predicted octanol–water partition coefficient (Wildman–Crippen LogP) is 5.36. The zero-order valence-electron chi connectivity index (χ0n) is 20.7. The van der Waals surface area contributed by atoms with Crippen LogP contribution < -0.4 is 19.7 Å². The molecule has 1 saturated heterocycles. The summed E-state index contributed by atoms with van der Waals surface area (Å²) in [5, 5.41) is 3.33. The zero-order valence-corrected chi connectivity index (χ0v) is 21.5. The molecule has 0 aliphatic carbocycles. The van der Waals surface area contributed by atoms with Crippen LogP contribution in [0.15, 0.2) is 78.5 Å². The van der Waals surface area contributed by atoms with Crippen molar-refractivity contribution in [3.63, 3.8) is 0 Å². The number of nitrogens with one attached hydrogen (secondary N) is 1. The Labute approximate surface area is 224 Å². The lowest BCUT2D eigenvalue weighted by molar-refractivity contribution is -0.122. The van der Waals surface area contributed by atoms with Crippen LogP contribution in [0.5, 0.6) is 11.5 Å². The smallest absolute Gasteiger partial charge is 0.335 e. The Balaban J connectivity index is 1.45. The molecule has 0 unspecified atom stereocenters. The number of aryl methyl sites for hydroxylation is 1. The molecule has 3 aromatic carbocycles. The molecule has 0 bridgehead atoms. The maximum atomic E-state index is 13.4. The number of hydrogen-bond acceptors (Lipinski definition) is 5. The molecule has 1 aliphatic heterocycles. The van der Waals surface area contributed by atoms with Gasteiger partial charge < -0.3 is 14.0 Å². The van der Waals surface area contributed by atoms with Gasteiger partial charge in [-0.25, -0.2) is 9.69 Å². The number of barbiturate groups is 1. The summed E-state index contributed by atoms with van der Waals surface area (Å²) in [6.45, 7) is 2.99. The summed E-state index contributed by atoms with van der Waals surface area (Å²) in [6.07, 6.45) is 3.36. The van der Waals surface area contributed by atoms with Gasteiger partial charge in [0, 0.05) is 22.7 Å². The van der Waals surface area contributed by atoms with E-state index in [0.717, 1.165) is 27.1 Å². The van der Waals surface area contributed by atoms with Crippen LogP contribution in [0.2, 0.25) is 5.02 Å². The van der Waals surface area contributed by atoms with Crippen molar-refractivity contribution in [1.29, 1.82) is 0 Å². The monoisotopic (exact) mass is 529 g/mol. The molecule has 0 spiro atoms. The van der Waals surface area contributed by atoms with Gasteiger partial charge in [0.15, 0.2) is 0 Å². The Hall–Kier alpha value is -4.56. The highest BCUT2D eigenvalue weighted by atomic mass is 35.5. The molecule has 38 heavy (non-hydrogen) atoms. The summed E-state index contributed by atoms with van der Waals surface area (Å²) < 4.78 is 13.0. The molecular formula is C29H24ClN3O5. The number of nitrogens with zero attached hydrogens (tertiary/aromatic N) is 2. The van der Waals surface area contributed by atoms with Crippen LogP contribution in [0.4, 0.5) is 10.5 Å². The van der Waals surface area contributed by atoms with Crippen molar-refractivity contribution in [2.45, 2.75) is 13.5 Å². The molecule has 9 heteroatoms. The minimum Gasteiger partial charge on any atom is -0.495 e. The minimum atomic E-state index is -0.853. The van der Waals surface area contributed by atoms with Crippen molar-refractivity contribution in [1.82, 2.24) is 9.88 Å². The van der Waals surface area contributed by atoms with E-state index in [4.69, 9.17) is 21.1 Å². The standard InChI is InChI=1S/C29H24ClN3O5/c1-18-7-10-21(11-8-18)38-14-13-32-17-19(22-5-3-4-6-25(22)32)15-23-27(34)31-29(36)33(28(23)35)20-9-12-26(37-2)24(30)16-20/h3-12,15-17H,13-14H2,1-2H3,(H,31,34,36). The van der Waals surface area contributed by atoms with Crippen molar-refractivity contribution in [2.24, 2.45) is 0 Å². The second-order valence-corrected chi connectivity index (χ2v) is 9.14. The molecule has 1 aliphatic rings. The molecule has 1 N–H and O–H groups in total. The van der Waals surface area contributed by atoms with Crippen molar-refractivity contribution in [2.75, 3.05) is 18.6 Å². The fourth-order valence-electron chi connectivity index (χ4n) is 4.31. The molecule has 0 atom stereocenters. The van der Waals surface area contributed by atoms with Gasteiger partial charge in [-0.2, -0.15) is 0 Å². The average Bonchev–Trinajstić information content (AvgIpc) is 3.25. The number of fused-ring (bicyclic) bond motifs is 1. The van der Waals surface area contributed by atoms with Crippen LogP contribution in [0.1, 0.15) is 11.1 Å². The first-order valence-corrected chi connectivity index (χ1v) is 12.3. The number of methoxy groups -OCH3 is 1. The van der Waals surface area contributed by atoms with Gasteiger partial charge in [-0.3, -0.25) is 14.9 Å². The molecule has 1 fully saturated rings. The highest BCUT2D eigenvalue weighted by Crippen LogP contribution is 2.31. The number of aromatic nitrogens is 1. The SMILES string of the molecule is COc1ccc(N2C(=O)NC(=O)C(=Cc3cn(CCOc4ccc(C)cc4)c4ccccc34)C2=O)cc1Cl. The number of ether oxygens (including phenoxy) is 2. The zero-order chi connectivity index (χ0) is 26.8. The maximum Gasteiger partial charge on any atom is 0.335 e. The first-order valence-electron chi connectivity index (χ1n) is 11.9. The van der Waals surface area contributed by atoms with Crippen LogP contribution in [0.25, 0.3) is 17.0 Å². The number of anilines is 1. The number of halogens is 1. The summed E-state index contributed by atoms with van der Waals surface area (Å²) in [4.78, 5) is 39.6. The molecule has 8 nitrogen and oxygen atoms in total. The van der Waals surface area contributed by atoms with Crippen molar-refractivity contribution in [3.05, 3.63) is 94.6 Å². The van der Waals surface area contributed by atoms with Crippen LogP contribution in [-0.4, -0.2) is 36.1 Å². The maximum absolute atomic E-state index is 13.4. The van der Waals surface area contributed by atoms with Crippen molar-refractivity contribution < 1.29 is 23.9 Å². The number of benzene rings is 3. The molecule has 4 amide bonds. The van der Waals surface area contributed by atoms with E-state index in [1.165, 1.54) is 25.3 Å². The number of para-hydroxylation sites is 1. The largest absolute Gasteiger partial charge is 0.495 e. The molecular weight excluding hydrogens is 506 g/mol. The van der Waals surface area contributed by atoms with E-state index in [1.54, 1.807) is 6.07 Å². The van der Waals surface area contributed by atoms with E-state index in [0.29, 0.717) is 24.5 Å². The van der Waals surface area contributed by atoms with Gasteiger partial charge in [-0.15, -0.1) is 0 Å². The van der Waals surface area contributed by atoms with Gasteiger partial charge in [-0.05, 0) is 49.4 Å². The van der Waals surface area contributed by atoms with E-state index in [2.05, 4.69) is 5.32 Å². The Morgan fingerprint density at radius 1 is 1.00 bits per heavy atom. The first kappa shape index (κ1) is 25.1. The number of imide groups is 2. The summed E-state index contributed by atoms with van der Waals surface area (Å²) in [7, 11) is 1.46. The van der Waals surface area contributed by atoms with Crippen LogP contribution in [0.3, 0.4) is 0 Å². The first-order chi connectivity index (χ1) is 18.4. The summed E-state index contributed by atoms with van der Waals surface area (Å²) in [5.41, 5.74) is 2.78. The molecule has 5 rings (SSSR count). The van der Waals surface area contributed by atoms with E-state index < -0.39 is 17.8 Å². The topological polar surface area (TPSA) is 89.9 Å². The fourth-order valence-corrected chi connectivity index (χ4v) is 4.57. The molecule has 1 aromatic heterocycles. The fraction of sp³-hybridized carbons (Fsp3) is 0.138. The Kier molecular flexibility index (Phi) is 6.89. The third-order valence-electron chi connectivity index (χ3n) is 6.24. The normalized spacial score (nSPS) is 14.8. The molecule has 4 aromatic rings. The van der Waals surface area contributed by atoms with E-state index in [-0.39, 0.29) is 16.3 Å². The van der Waals surface area contributed by atoms with Crippen LogP contribution >= 0.6 is 11.6 Å². The predicted molar refractivity (Wildman–Crippen MR) is 146 cm³/mol. The Morgan fingerprint density at radius 2 is 1.76 bits per heavy atom. The lowest BCUT2D eigenvalue weighted by Crippen LogP contribution is -2.54. The molecule has 2 heterocycles. The van der Waals surface area contributed by atoms with Gasteiger partial charge >= 0.3 is 6.03 Å². The van der Waals surface area contributed by atoms with E-state index in [1.807, 2.05) is 66.2 Å². The van der Waals surface area contributed by atoms with Crippen LogP contribution in [0, 0.1) is 6.92 Å². The Morgan fingerprint density at radius 3 is 2.50 bits per heavy atom. The van der Waals surface area contributed by atoms with E-state index in [9.17, 15) is 14.4 Å². The molecule has 192 valence electrons. The second kappa shape index (κ2) is 10.4. The third-order valence-corrected chi connectivity index (χ3v) is 6.53. The number of carbonyl (C=O) groups is 3. The number of rotatable bonds is 7. The molecule has 0 radical (unpaired) electrons. The van der Waals surface area contributed by atoms with Gasteiger partial charge in [0.25, 0.3) is 11.8 Å². The van der Waals surface area contributed by atoms with Crippen molar-refractivity contribution >= 4 is 52.1 Å². The van der Waals surface area contributed by atoms with Crippen LogP contribution in [-0.2, 0) is 16.1 Å². The highest BCUT2D eigenvalue weighted by Gasteiger charge is 2.37. The third kappa shape index (κ3) is 4.86. The quantitative estimate of drug-likeness (QED) is 0.257. The van der Waals surface area contributed by atoms with Gasteiger partial charge in [0.2, 0.25) is 0 Å². The number of urea groups is 1. The Bertz CT molecular complexity index is 1590. The number of hydrogen-bond donors (Lipinski definition) is 1. The number of carbonyl (C=O) groups excluding carboxylic acids is 3. The van der Waals surface area contributed by atoms with Crippen molar-refractivity contribution in [3.8, 4) is 11.5 Å². The summed E-state index contributed by atoms with van der Waals surface area (Å²) in [5.74, 6) is -0.344. The summed E-state index contributed by atoms with van der Waals surface area (Å²) in [6, 6.07) is 19.2. The van der Waals surface area contributed by atoms with Gasteiger partial charge in [0.05, 0.1) is 24.4 Å². The highest BCUT2D eigenvalue weighted by molar-refractivity contribution is 6.40. The minimum absolute atomic E-state index is 0.171. The summed E-state index contributed by atoms with van der Waals surface area (Å²) >= 11 is 6.21. The lowest BCUT2D eigenvalue weighted by Gasteiger charge is -2.26. The lowest BCUT2D eigenvalue weighted by atomic mass is 10.1. The van der Waals surface area contributed by atoms with Gasteiger partial charge in [-0.1, -0.05) is 47.5 Å². The average molecular weight is 530 g/mol. The molecule has 0 saturated carbocycles. The number of amides is 4. The second-order valence-electron chi connectivity index (χ2n) is 8.73.